The number of nitrogens with one attached hydrogen (secondary N) is 1. The Balaban J connectivity index is 1.43. The Kier molecular flexibility index (Phi) is 6.62. The van der Waals surface area contributed by atoms with Crippen LogP contribution in [0.1, 0.15) is 32.9 Å². The van der Waals surface area contributed by atoms with Gasteiger partial charge < -0.3 is 10.1 Å². The zero-order valence-electron chi connectivity index (χ0n) is 18.2. The lowest BCUT2D eigenvalue weighted by Crippen LogP contribution is -2.26. The fourth-order valence-corrected chi connectivity index (χ4v) is 3.29. The van der Waals surface area contributed by atoms with Crippen molar-refractivity contribution in [1.82, 2.24) is 20.1 Å². The first-order valence-corrected chi connectivity index (χ1v) is 10.4. The molecule has 0 fully saturated rings. The Bertz CT molecular complexity index is 1250. The first-order chi connectivity index (χ1) is 16.3. The van der Waals surface area contributed by atoms with Crippen LogP contribution >= 0.6 is 0 Å². The summed E-state index contributed by atoms with van der Waals surface area (Å²) >= 11 is 0. The summed E-state index contributed by atoms with van der Waals surface area (Å²) in [6, 6.07) is 18.9. The Morgan fingerprint density at radius 3 is 2.41 bits per heavy atom. The van der Waals surface area contributed by atoms with Crippen LogP contribution in [0.2, 0.25) is 0 Å². The molecule has 2 heterocycles. The van der Waals surface area contributed by atoms with Crippen molar-refractivity contribution in [2.45, 2.75) is 26.3 Å². The zero-order valence-corrected chi connectivity index (χ0v) is 18.2. The van der Waals surface area contributed by atoms with Crippen LogP contribution in [0.25, 0.3) is 5.69 Å². The third-order valence-electron chi connectivity index (χ3n) is 5.05. The van der Waals surface area contributed by atoms with Crippen molar-refractivity contribution in [3.63, 3.8) is 0 Å². The quantitative estimate of drug-likeness (QED) is 0.411. The SMILES string of the molecule is Cc1ccc(-n2ncc(C(=O)NCc3ccc(OCc4ccccn4)cc3)c2C(F)(F)F)cc1. The average Bonchev–Trinajstić information content (AvgIpc) is 3.29. The molecule has 1 N–H and O–H groups in total. The van der Waals surface area contributed by atoms with E-state index in [2.05, 4.69) is 15.4 Å². The second kappa shape index (κ2) is 9.78. The van der Waals surface area contributed by atoms with Crippen LogP contribution in [0.3, 0.4) is 0 Å². The first-order valence-electron chi connectivity index (χ1n) is 10.4. The number of aromatic nitrogens is 3. The number of halogens is 3. The minimum Gasteiger partial charge on any atom is -0.487 e. The minimum atomic E-state index is -4.76. The Morgan fingerprint density at radius 1 is 1.03 bits per heavy atom. The van der Waals surface area contributed by atoms with Crippen molar-refractivity contribution in [2.24, 2.45) is 0 Å². The standard InChI is InChI=1S/C25H21F3N4O2/c1-17-5-9-20(10-6-17)32-23(25(26,27)28)22(15-31-32)24(33)30-14-18-7-11-21(12-8-18)34-16-19-4-2-3-13-29-19/h2-13,15H,14,16H2,1H3,(H,30,33). The van der Waals surface area contributed by atoms with Gasteiger partial charge >= 0.3 is 6.18 Å². The van der Waals surface area contributed by atoms with Gasteiger partial charge in [-0.25, -0.2) is 4.68 Å². The molecule has 0 bridgehead atoms. The number of nitrogens with zero attached hydrogens (tertiary/aromatic N) is 3. The van der Waals surface area contributed by atoms with Crippen LogP contribution in [-0.2, 0) is 19.3 Å². The molecular formula is C25H21F3N4O2. The number of pyridine rings is 1. The van der Waals surface area contributed by atoms with E-state index >= 15 is 0 Å². The second-order valence-corrected chi connectivity index (χ2v) is 7.59. The van der Waals surface area contributed by atoms with E-state index < -0.39 is 23.3 Å². The molecule has 0 saturated carbocycles. The molecule has 9 heteroatoms. The van der Waals surface area contributed by atoms with E-state index in [4.69, 9.17) is 4.74 Å². The molecule has 2 aromatic heterocycles. The number of carbonyl (C=O) groups excluding carboxylic acids is 1. The Labute approximate surface area is 194 Å². The molecule has 4 rings (SSSR count). The van der Waals surface area contributed by atoms with Crippen LogP contribution < -0.4 is 10.1 Å². The number of carbonyl (C=O) groups is 1. The van der Waals surface area contributed by atoms with Crippen molar-refractivity contribution in [3.8, 4) is 11.4 Å². The lowest BCUT2D eigenvalue weighted by atomic mass is 10.2. The van der Waals surface area contributed by atoms with Gasteiger partial charge in [0.2, 0.25) is 0 Å². The van der Waals surface area contributed by atoms with Crippen molar-refractivity contribution in [1.29, 1.82) is 0 Å². The molecule has 0 spiro atoms. The van der Waals surface area contributed by atoms with Gasteiger partial charge in [0, 0.05) is 12.7 Å². The Morgan fingerprint density at radius 2 is 1.76 bits per heavy atom. The molecule has 0 aliphatic heterocycles. The molecule has 0 saturated heterocycles. The molecular weight excluding hydrogens is 445 g/mol. The van der Waals surface area contributed by atoms with Crippen LogP contribution in [0, 0.1) is 6.92 Å². The lowest BCUT2D eigenvalue weighted by molar-refractivity contribution is -0.143. The van der Waals surface area contributed by atoms with E-state index in [0.717, 1.165) is 22.1 Å². The highest BCUT2D eigenvalue weighted by Gasteiger charge is 2.40. The maximum absolute atomic E-state index is 13.8. The first kappa shape index (κ1) is 23.0. The van der Waals surface area contributed by atoms with Crippen molar-refractivity contribution >= 4 is 5.91 Å². The number of amides is 1. The van der Waals surface area contributed by atoms with E-state index in [0.29, 0.717) is 17.9 Å². The van der Waals surface area contributed by atoms with Crippen LogP contribution in [0.15, 0.2) is 79.1 Å². The third kappa shape index (κ3) is 5.43. The molecule has 0 atom stereocenters. The summed E-state index contributed by atoms with van der Waals surface area (Å²) in [5.41, 5.74) is 0.952. The van der Waals surface area contributed by atoms with Crippen LogP contribution in [0.4, 0.5) is 13.2 Å². The van der Waals surface area contributed by atoms with Crippen molar-refractivity contribution < 1.29 is 22.7 Å². The highest BCUT2D eigenvalue weighted by atomic mass is 19.4. The molecule has 0 aliphatic carbocycles. The topological polar surface area (TPSA) is 69.0 Å². The highest BCUT2D eigenvalue weighted by Crippen LogP contribution is 2.33. The molecule has 2 aromatic carbocycles. The normalized spacial score (nSPS) is 11.3. The minimum absolute atomic E-state index is 0.0480. The fraction of sp³-hybridized carbons (Fsp3) is 0.160. The second-order valence-electron chi connectivity index (χ2n) is 7.59. The molecule has 1 amide bonds. The monoisotopic (exact) mass is 466 g/mol. The van der Waals surface area contributed by atoms with Gasteiger partial charge in [-0.1, -0.05) is 35.9 Å². The van der Waals surface area contributed by atoms with Gasteiger partial charge in [0.15, 0.2) is 5.69 Å². The summed E-state index contributed by atoms with van der Waals surface area (Å²) in [5, 5.41) is 6.37. The molecule has 0 unspecified atom stereocenters. The third-order valence-corrected chi connectivity index (χ3v) is 5.05. The summed E-state index contributed by atoms with van der Waals surface area (Å²) in [7, 11) is 0. The number of ether oxygens (including phenoxy) is 1. The smallest absolute Gasteiger partial charge is 0.434 e. The van der Waals surface area contributed by atoms with Gasteiger partial charge in [-0.3, -0.25) is 9.78 Å². The molecule has 0 aliphatic rings. The van der Waals surface area contributed by atoms with Gasteiger partial charge in [-0.2, -0.15) is 18.3 Å². The number of aryl methyl sites for hydroxylation is 1. The summed E-state index contributed by atoms with van der Waals surface area (Å²) < 4.78 is 47.8. The molecule has 6 nitrogen and oxygen atoms in total. The van der Waals surface area contributed by atoms with Gasteiger partial charge in [0.1, 0.15) is 12.4 Å². The molecule has 4 aromatic rings. The summed E-state index contributed by atoms with van der Waals surface area (Å²) in [5.74, 6) is -0.249. The van der Waals surface area contributed by atoms with E-state index in [1.807, 2.05) is 25.1 Å². The van der Waals surface area contributed by atoms with Crippen molar-refractivity contribution in [3.05, 3.63) is 107 Å². The largest absolute Gasteiger partial charge is 0.487 e. The molecule has 0 radical (unpaired) electrons. The van der Waals surface area contributed by atoms with E-state index in [1.54, 1.807) is 42.6 Å². The highest BCUT2D eigenvalue weighted by molar-refractivity contribution is 5.95. The van der Waals surface area contributed by atoms with E-state index in [-0.39, 0.29) is 12.2 Å². The predicted molar refractivity (Wildman–Crippen MR) is 119 cm³/mol. The number of rotatable bonds is 7. The number of alkyl halides is 3. The van der Waals surface area contributed by atoms with E-state index in [9.17, 15) is 18.0 Å². The van der Waals surface area contributed by atoms with Gasteiger partial charge in [-0.05, 0) is 48.9 Å². The summed E-state index contributed by atoms with van der Waals surface area (Å²) in [4.78, 5) is 16.8. The Hall–Kier alpha value is -4.14. The van der Waals surface area contributed by atoms with Gasteiger partial charge in [-0.15, -0.1) is 0 Å². The number of benzene rings is 2. The maximum Gasteiger partial charge on any atom is 0.434 e. The summed E-state index contributed by atoms with van der Waals surface area (Å²) in [6.45, 7) is 2.18. The maximum atomic E-state index is 13.8. The zero-order chi connectivity index (χ0) is 24.1. The predicted octanol–water partition coefficient (Wildman–Crippen LogP) is 5.10. The van der Waals surface area contributed by atoms with Crippen LogP contribution in [0.5, 0.6) is 5.75 Å². The fourth-order valence-electron chi connectivity index (χ4n) is 3.29. The van der Waals surface area contributed by atoms with Gasteiger partial charge in [0.05, 0.1) is 23.1 Å². The lowest BCUT2D eigenvalue weighted by Gasteiger charge is -2.13. The van der Waals surface area contributed by atoms with Crippen molar-refractivity contribution in [2.75, 3.05) is 0 Å². The van der Waals surface area contributed by atoms with Crippen LogP contribution in [-0.4, -0.2) is 20.7 Å². The molecule has 34 heavy (non-hydrogen) atoms. The van der Waals surface area contributed by atoms with Gasteiger partial charge in [0.25, 0.3) is 5.91 Å². The summed E-state index contributed by atoms with van der Waals surface area (Å²) in [6.07, 6.45) is -2.15. The molecule has 174 valence electrons. The number of hydrogen-bond acceptors (Lipinski definition) is 4. The van der Waals surface area contributed by atoms with E-state index in [1.165, 1.54) is 12.1 Å². The average molecular weight is 466 g/mol. The number of hydrogen-bond donors (Lipinski definition) is 1.